The van der Waals surface area contributed by atoms with E-state index in [1.165, 1.54) is 13.0 Å². The van der Waals surface area contributed by atoms with Crippen molar-refractivity contribution in [1.82, 2.24) is 0 Å². The highest BCUT2D eigenvalue weighted by atomic mass is 19.1. The fourth-order valence-electron chi connectivity index (χ4n) is 0.986. The Balaban J connectivity index is 3.55. The molecule has 0 amide bonds. The predicted octanol–water partition coefficient (Wildman–Crippen LogP) is 1.91. The van der Waals surface area contributed by atoms with Crippen molar-refractivity contribution in [2.45, 2.75) is 6.92 Å². The van der Waals surface area contributed by atoms with Crippen molar-refractivity contribution >= 4 is 5.69 Å². The summed E-state index contributed by atoms with van der Waals surface area (Å²) < 4.78 is 12.9. The Bertz CT molecular complexity index is 409. The summed E-state index contributed by atoms with van der Waals surface area (Å²) in [7, 11) is 0. The maximum Gasteiger partial charge on any atom is 0.322 e. The third-order valence-electron chi connectivity index (χ3n) is 1.63. The molecule has 1 rings (SSSR count). The first-order valence-corrected chi connectivity index (χ1v) is 3.41. The Kier molecular flexibility index (Phi) is 2.24. The number of hydrogen-bond donors (Lipinski definition) is 0. The number of nitriles is 1. The van der Waals surface area contributed by atoms with Crippen LogP contribution in [0.3, 0.4) is 0 Å². The first-order chi connectivity index (χ1) is 6.07. The monoisotopic (exact) mass is 180 g/mol. The summed E-state index contributed by atoms with van der Waals surface area (Å²) in [4.78, 5) is 9.48. The highest BCUT2D eigenvalue weighted by Crippen LogP contribution is 2.24. The van der Waals surface area contributed by atoms with Crippen molar-refractivity contribution in [2.24, 2.45) is 0 Å². The van der Waals surface area contributed by atoms with Crippen LogP contribution in [0.4, 0.5) is 10.1 Å². The van der Waals surface area contributed by atoms with E-state index in [4.69, 9.17) is 5.26 Å². The molecular formula is C8H5FN2O2. The van der Waals surface area contributed by atoms with Crippen LogP contribution in [0.1, 0.15) is 11.1 Å². The van der Waals surface area contributed by atoms with E-state index in [0.29, 0.717) is 5.56 Å². The zero-order valence-electron chi connectivity index (χ0n) is 6.74. The van der Waals surface area contributed by atoms with Crippen LogP contribution in [-0.4, -0.2) is 4.92 Å². The Labute approximate surface area is 73.4 Å². The van der Waals surface area contributed by atoms with Crippen LogP contribution in [0.25, 0.3) is 0 Å². The molecule has 1 aromatic rings. The molecule has 0 aliphatic carbocycles. The summed E-state index contributed by atoms with van der Waals surface area (Å²) in [6.07, 6.45) is 0. The van der Waals surface area contributed by atoms with E-state index in [9.17, 15) is 14.5 Å². The van der Waals surface area contributed by atoms with Crippen LogP contribution in [0.2, 0.25) is 0 Å². The summed E-state index contributed by atoms with van der Waals surface area (Å²) in [5.74, 6) is -0.979. The van der Waals surface area contributed by atoms with Gasteiger partial charge in [-0.2, -0.15) is 9.65 Å². The summed E-state index contributed by atoms with van der Waals surface area (Å²) in [6.45, 7) is 1.52. The first-order valence-electron chi connectivity index (χ1n) is 3.41. The van der Waals surface area contributed by atoms with Crippen molar-refractivity contribution in [3.05, 3.63) is 39.2 Å². The zero-order chi connectivity index (χ0) is 10.0. The number of hydrogen-bond acceptors (Lipinski definition) is 3. The summed E-state index contributed by atoms with van der Waals surface area (Å²) >= 11 is 0. The normalized spacial score (nSPS) is 9.31. The molecule has 0 aromatic heterocycles. The van der Waals surface area contributed by atoms with E-state index >= 15 is 0 Å². The molecule has 13 heavy (non-hydrogen) atoms. The Hall–Kier alpha value is -1.96. The van der Waals surface area contributed by atoms with Gasteiger partial charge in [-0.1, -0.05) is 6.07 Å². The molecular weight excluding hydrogens is 175 g/mol. The van der Waals surface area contributed by atoms with Crippen LogP contribution in [0, 0.1) is 34.2 Å². The molecule has 1 aromatic carbocycles. The van der Waals surface area contributed by atoms with Gasteiger partial charge in [0.2, 0.25) is 5.82 Å². The van der Waals surface area contributed by atoms with Gasteiger partial charge in [-0.3, -0.25) is 10.1 Å². The molecule has 0 saturated carbocycles. The molecule has 0 aliphatic heterocycles. The lowest BCUT2D eigenvalue weighted by Gasteiger charge is -1.98. The van der Waals surface area contributed by atoms with Gasteiger partial charge in [-0.25, -0.2) is 0 Å². The molecule has 0 fully saturated rings. The molecule has 0 heterocycles. The van der Waals surface area contributed by atoms with Gasteiger partial charge in [-0.15, -0.1) is 0 Å². The second kappa shape index (κ2) is 3.19. The first kappa shape index (κ1) is 9.13. The third kappa shape index (κ3) is 1.47. The Morgan fingerprint density at radius 3 is 2.62 bits per heavy atom. The number of nitro benzene ring substituents is 1. The molecule has 0 bridgehead atoms. The van der Waals surface area contributed by atoms with E-state index in [-0.39, 0.29) is 5.56 Å². The minimum absolute atomic E-state index is 0.218. The molecule has 0 aliphatic rings. The Morgan fingerprint density at radius 1 is 1.62 bits per heavy atom. The second-order valence-electron chi connectivity index (χ2n) is 2.46. The molecule has 66 valence electrons. The SMILES string of the molecule is Cc1ccc(F)c([N+](=O)[O-])c1C#N. The quantitative estimate of drug-likeness (QED) is 0.489. The van der Waals surface area contributed by atoms with Crippen molar-refractivity contribution in [3.63, 3.8) is 0 Å². The van der Waals surface area contributed by atoms with Gasteiger partial charge in [0.25, 0.3) is 0 Å². The molecule has 0 spiro atoms. The molecule has 0 N–H and O–H groups in total. The number of benzene rings is 1. The number of aryl methyl sites for hydroxylation is 1. The fourth-order valence-corrected chi connectivity index (χ4v) is 0.986. The van der Waals surface area contributed by atoms with E-state index in [2.05, 4.69) is 0 Å². The van der Waals surface area contributed by atoms with Gasteiger partial charge < -0.3 is 0 Å². The largest absolute Gasteiger partial charge is 0.322 e. The zero-order valence-corrected chi connectivity index (χ0v) is 6.74. The van der Waals surface area contributed by atoms with Crippen LogP contribution >= 0.6 is 0 Å². The third-order valence-corrected chi connectivity index (χ3v) is 1.63. The van der Waals surface area contributed by atoms with Crippen LogP contribution < -0.4 is 0 Å². The second-order valence-corrected chi connectivity index (χ2v) is 2.46. The summed E-state index contributed by atoms with van der Waals surface area (Å²) in [5, 5.41) is 18.9. The van der Waals surface area contributed by atoms with Crippen LogP contribution in [0.15, 0.2) is 12.1 Å². The summed E-state index contributed by atoms with van der Waals surface area (Å²) in [6, 6.07) is 3.92. The molecule has 4 nitrogen and oxygen atoms in total. The van der Waals surface area contributed by atoms with E-state index in [1.807, 2.05) is 0 Å². The minimum atomic E-state index is -0.979. The van der Waals surface area contributed by atoms with Crippen molar-refractivity contribution in [2.75, 3.05) is 0 Å². The van der Waals surface area contributed by atoms with Crippen molar-refractivity contribution < 1.29 is 9.31 Å². The topological polar surface area (TPSA) is 66.9 Å². The number of rotatable bonds is 1. The van der Waals surface area contributed by atoms with Gasteiger partial charge in [-0.05, 0) is 18.6 Å². The van der Waals surface area contributed by atoms with Crippen LogP contribution in [-0.2, 0) is 0 Å². The number of nitrogens with zero attached hydrogens (tertiary/aromatic N) is 2. The number of halogens is 1. The predicted molar refractivity (Wildman–Crippen MR) is 42.5 cm³/mol. The van der Waals surface area contributed by atoms with Crippen molar-refractivity contribution in [1.29, 1.82) is 5.26 Å². The van der Waals surface area contributed by atoms with Gasteiger partial charge >= 0.3 is 5.69 Å². The standard InChI is InChI=1S/C8H5FN2O2/c1-5-2-3-7(9)8(11(12)13)6(5)4-10/h2-3H,1H3. The summed E-state index contributed by atoms with van der Waals surface area (Å²) in [5.41, 5.74) is -0.567. The highest BCUT2D eigenvalue weighted by Gasteiger charge is 2.21. The average molecular weight is 180 g/mol. The molecule has 5 heteroatoms. The lowest BCUT2D eigenvalue weighted by molar-refractivity contribution is -0.387. The molecule has 0 saturated heterocycles. The maximum absolute atomic E-state index is 12.9. The Morgan fingerprint density at radius 2 is 2.23 bits per heavy atom. The smallest absolute Gasteiger partial charge is 0.258 e. The maximum atomic E-state index is 12.9. The molecule has 0 radical (unpaired) electrons. The van der Waals surface area contributed by atoms with Gasteiger partial charge in [0.15, 0.2) is 0 Å². The van der Waals surface area contributed by atoms with Crippen LogP contribution in [0.5, 0.6) is 0 Å². The lowest BCUT2D eigenvalue weighted by Crippen LogP contribution is -1.98. The molecule has 0 atom stereocenters. The molecule has 0 unspecified atom stereocenters. The van der Waals surface area contributed by atoms with E-state index in [0.717, 1.165) is 6.07 Å². The number of nitro groups is 1. The van der Waals surface area contributed by atoms with Crippen molar-refractivity contribution in [3.8, 4) is 6.07 Å². The van der Waals surface area contributed by atoms with Gasteiger partial charge in [0.05, 0.1) is 4.92 Å². The fraction of sp³-hybridized carbons (Fsp3) is 0.125. The lowest BCUT2D eigenvalue weighted by atomic mass is 10.1. The van der Waals surface area contributed by atoms with Gasteiger partial charge in [0, 0.05) is 0 Å². The van der Waals surface area contributed by atoms with E-state index in [1.54, 1.807) is 6.07 Å². The minimum Gasteiger partial charge on any atom is -0.258 e. The highest BCUT2D eigenvalue weighted by molar-refractivity contribution is 5.53. The average Bonchev–Trinajstić information content (AvgIpc) is 2.07. The van der Waals surface area contributed by atoms with Gasteiger partial charge in [0.1, 0.15) is 11.6 Å². The van der Waals surface area contributed by atoms with E-state index < -0.39 is 16.4 Å².